The fourth-order valence-electron chi connectivity index (χ4n) is 4.38. The first kappa shape index (κ1) is 26.2. The summed E-state index contributed by atoms with van der Waals surface area (Å²) in [4.78, 5) is 29.8. The lowest BCUT2D eigenvalue weighted by atomic mass is 9.90. The lowest BCUT2D eigenvalue weighted by molar-refractivity contribution is -0.122. The summed E-state index contributed by atoms with van der Waals surface area (Å²) in [5.74, 6) is 0.704. The third-order valence-electron chi connectivity index (χ3n) is 6.33. The minimum absolute atomic E-state index is 0.00530. The van der Waals surface area contributed by atoms with Crippen LogP contribution in [0.1, 0.15) is 99.5 Å². The predicted octanol–water partition coefficient (Wildman–Crippen LogP) is 6.02. The summed E-state index contributed by atoms with van der Waals surface area (Å²) < 4.78 is 5.73. The highest BCUT2D eigenvalue weighted by Crippen LogP contribution is 2.20. The molecule has 2 amide bonds. The van der Waals surface area contributed by atoms with E-state index >= 15 is 0 Å². The van der Waals surface area contributed by atoms with Crippen molar-refractivity contribution in [1.29, 1.82) is 0 Å². The lowest BCUT2D eigenvalue weighted by Gasteiger charge is -2.32. The van der Waals surface area contributed by atoms with Gasteiger partial charge < -0.3 is 15.4 Å². The molecular formula is C27H39N3O3S. The van der Waals surface area contributed by atoms with E-state index < -0.39 is 0 Å². The molecule has 0 spiro atoms. The summed E-state index contributed by atoms with van der Waals surface area (Å²) in [7, 11) is 0. The van der Waals surface area contributed by atoms with Gasteiger partial charge in [0.1, 0.15) is 23.1 Å². The highest BCUT2D eigenvalue weighted by Gasteiger charge is 2.28. The second-order valence-corrected chi connectivity index (χ2v) is 10.1. The van der Waals surface area contributed by atoms with Crippen molar-refractivity contribution in [2.75, 3.05) is 0 Å². The molecule has 6 nitrogen and oxygen atoms in total. The van der Waals surface area contributed by atoms with Crippen molar-refractivity contribution in [3.8, 4) is 5.75 Å². The zero-order valence-electron chi connectivity index (χ0n) is 20.4. The van der Waals surface area contributed by atoms with Gasteiger partial charge in [-0.1, -0.05) is 76.5 Å². The van der Waals surface area contributed by atoms with Crippen LogP contribution in [0.2, 0.25) is 0 Å². The van der Waals surface area contributed by atoms with E-state index in [-0.39, 0.29) is 23.9 Å². The average Bonchev–Trinajstić information content (AvgIpc) is 3.33. The maximum absolute atomic E-state index is 12.8. The summed E-state index contributed by atoms with van der Waals surface area (Å²) in [5, 5.41) is 8.85. The molecule has 1 heterocycles. The molecular weight excluding hydrogens is 446 g/mol. The first-order valence-electron chi connectivity index (χ1n) is 12.9. The Morgan fingerprint density at radius 3 is 2.38 bits per heavy atom. The number of unbranched alkanes of at least 4 members (excludes halogenated alkanes) is 6. The number of rotatable bonds is 14. The second-order valence-electron chi connectivity index (χ2n) is 9.14. The van der Waals surface area contributed by atoms with E-state index in [2.05, 4.69) is 22.5 Å². The first-order chi connectivity index (χ1) is 16.7. The molecule has 0 radical (unpaired) electrons. The maximum atomic E-state index is 12.8. The molecule has 1 aromatic carbocycles. The molecule has 0 aliphatic heterocycles. The molecule has 186 valence electrons. The highest BCUT2D eigenvalue weighted by molar-refractivity contribution is 7.09. The van der Waals surface area contributed by atoms with Gasteiger partial charge in [0.05, 0.1) is 0 Å². The highest BCUT2D eigenvalue weighted by atomic mass is 32.1. The SMILES string of the molecule is CCCCCCCCCC(=O)NC1CCCCC1NC(=O)c1csc(COc2ccccc2)n1. The Kier molecular flexibility index (Phi) is 11.4. The minimum atomic E-state index is -0.180. The van der Waals surface area contributed by atoms with Crippen molar-refractivity contribution in [2.24, 2.45) is 0 Å². The van der Waals surface area contributed by atoms with Gasteiger partial charge in [0.2, 0.25) is 5.91 Å². The summed E-state index contributed by atoms with van der Waals surface area (Å²) in [6.07, 6.45) is 12.9. The van der Waals surface area contributed by atoms with E-state index in [1.165, 1.54) is 43.4 Å². The normalized spacial score (nSPS) is 17.8. The predicted molar refractivity (Wildman–Crippen MR) is 137 cm³/mol. The van der Waals surface area contributed by atoms with Crippen molar-refractivity contribution in [3.05, 3.63) is 46.4 Å². The molecule has 1 saturated carbocycles. The summed E-state index contributed by atoms with van der Waals surface area (Å²) in [6.45, 7) is 2.56. The van der Waals surface area contributed by atoms with Crippen molar-refractivity contribution in [2.45, 2.75) is 103 Å². The van der Waals surface area contributed by atoms with Gasteiger partial charge in [0.15, 0.2) is 0 Å². The number of amides is 2. The number of hydrogen-bond donors (Lipinski definition) is 2. The van der Waals surface area contributed by atoms with Crippen molar-refractivity contribution in [1.82, 2.24) is 15.6 Å². The molecule has 34 heavy (non-hydrogen) atoms. The number of carbonyl (C=O) groups is 2. The van der Waals surface area contributed by atoms with Crippen LogP contribution in [-0.2, 0) is 11.4 Å². The Morgan fingerprint density at radius 2 is 1.65 bits per heavy atom. The Labute approximate surface area is 207 Å². The zero-order valence-corrected chi connectivity index (χ0v) is 21.2. The average molecular weight is 486 g/mol. The molecule has 2 N–H and O–H groups in total. The van der Waals surface area contributed by atoms with Gasteiger partial charge in [-0.3, -0.25) is 9.59 Å². The van der Waals surface area contributed by atoms with E-state index in [1.54, 1.807) is 5.38 Å². The van der Waals surface area contributed by atoms with Crippen LogP contribution >= 0.6 is 11.3 Å². The molecule has 2 unspecified atom stereocenters. The quantitative estimate of drug-likeness (QED) is 0.321. The van der Waals surface area contributed by atoms with Crippen LogP contribution in [0.4, 0.5) is 0 Å². The minimum Gasteiger partial charge on any atom is -0.486 e. The van der Waals surface area contributed by atoms with Gasteiger partial charge in [0.25, 0.3) is 5.91 Å². The summed E-state index contributed by atoms with van der Waals surface area (Å²) in [6, 6.07) is 9.52. The van der Waals surface area contributed by atoms with E-state index in [4.69, 9.17) is 4.74 Å². The Morgan fingerprint density at radius 1 is 0.971 bits per heavy atom. The van der Waals surface area contributed by atoms with E-state index in [9.17, 15) is 9.59 Å². The largest absolute Gasteiger partial charge is 0.486 e. The molecule has 2 aromatic rings. The van der Waals surface area contributed by atoms with Gasteiger partial charge >= 0.3 is 0 Å². The summed E-state index contributed by atoms with van der Waals surface area (Å²) in [5.41, 5.74) is 0.412. The van der Waals surface area contributed by atoms with Crippen LogP contribution in [0.5, 0.6) is 5.75 Å². The summed E-state index contributed by atoms with van der Waals surface area (Å²) >= 11 is 1.42. The fourth-order valence-corrected chi connectivity index (χ4v) is 5.07. The molecule has 2 atom stereocenters. The van der Waals surface area contributed by atoms with Gasteiger partial charge in [0, 0.05) is 23.9 Å². The van der Waals surface area contributed by atoms with E-state index in [1.807, 2.05) is 30.3 Å². The Balaban J connectivity index is 1.41. The lowest BCUT2D eigenvalue weighted by Crippen LogP contribution is -2.53. The van der Waals surface area contributed by atoms with E-state index in [0.717, 1.165) is 49.3 Å². The molecule has 1 aromatic heterocycles. The monoisotopic (exact) mass is 485 g/mol. The number of carbonyl (C=O) groups excluding carboxylic acids is 2. The van der Waals surface area contributed by atoms with E-state index in [0.29, 0.717) is 18.7 Å². The van der Waals surface area contributed by atoms with Crippen LogP contribution in [0.3, 0.4) is 0 Å². The van der Waals surface area contributed by atoms with Crippen LogP contribution in [0.15, 0.2) is 35.7 Å². The number of thiazole rings is 1. The maximum Gasteiger partial charge on any atom is 0.271 e. The smallest absolute Gasteiger partial charge is 0.271 e. The number of benzene rings is 1. The number of nitrogens with zero attached hydrogens (tertiary/aromatic N) is 1. The van der Waals surface area contributed by atoms with Gasteiger partial charge in [-0.2, -0.15) is 0 Å². The number of nitrogens with one attached hydrogen (secondary N) is 2. The topological polar surface area (TPSA) is 80.3 Å². The van der Waals surface area contributed by atoms with Crippen LogP contribution < -0.4 is 15.4 Å². The third kappa shape index (κ3) is 9.09. The molecule has 1 fully saturated rings. The number of hydrogen-bond acceptors (Lipinski definition) is 5. The molecule has 0 bridgehead atoms. The first-order valence-corrected chi connectivity index (χ1v) is 13.8. The third-order valence-corrected chi connectivity index (χ3v) is 7.15. The van der Waals surface area contributed by atoms with Crippen molar-refractivity contribution in [3.63, 3.8) is 0 Å². The zero-order chi connectivity index (χ0) is 24.0. The Hall–Kier alpha value is -2.41. The second kappa shape index (κ2) is 14.8. The van der Waals surface area contributed by atoms with Gasteiger partial charge in [-0.05, 0) is 31.4 Å². The Bertz CT molecular complexity index is 871. The van der Waals surface area contributed by atoms with Crippen LogP contribution in [0, 0.1) is 0 Å². The van der Waals surface area contributed by atoms with Crippen molar-refractivity contribution >= 4 is 23.2 Å². The molecule has 1 aliphatic carbocycles. The van der Waals surface area contributed by atoms with Crippen molar-refractivity contribution < 1.29 is 14.3 Å². The number of ether oxygens (including phenoxy) is 1. The van der Waals surface area contributed by atoms with Crippen LogP contribution in [-0.4, -0.2) is 28.9 Å². The number of aromatic nitrogens is 1. The number of para-hydroxylation sites is 1. The molecule has 7 heteroatoms. The van der Waals surface area contributed by atoms with Gasteiger partial charge in [-0.15, -0.1) is 11.3 Å². The molecule has 3 rings (SSSR count). The standard InChI is InChI=1S/C27H39N3O3S/c1-2-3-4-5-6-7-11-18-25(31)28-22-16-12-13-17-23(22)30-27(32)24-20-34-26(29-24)19-33-21-14-9-8-10-15-21/h8-10,14-15,20,22-23H,2-7,11-13,16-19H2,1H3,(H,28,31)(H,30,32). The molecule has 1 aliphatic rings. The molecule has 0 saturated heterocycles. The fraction of sp³-hybridized carbons (Fsp3) is 0.593. The van der Waals surface area contributed by atoms with Crippen LogP contribution in [0.25, 0.3) is 0 Å². The van der Waals surface area contributed by atoms with Gasteiger partial charge in [-0.25, -0.2) is 4.98 Å².